The summed E-state index contributed by atoms with van der Waals surface area (Å²) in [4.78, 5) is 29.2. The number of carbonyl (C=O) groups excluding carboxylic acids is 2. The highest BCUT2D eigenvalue weighted by Gasteiger charge is 2.17. The fourth-order valence-electron chi connectivity index (χ4n) is 4.29. The normalized spacial score (nSPS) is 10.6. The highest BCUT2D eigenvalue weighted by molar-refractivity contribution is 6.09. The number of benzene rings is 3. The lowest BCUT2D eigenvalue weighted by Gasteiger charge is -2.16. The van der Waals surface area contributed by atoms with Gasteiger partial charge in [-0.2, -0.15) is 0 Å². The van der Waals surface area contributed by atoms with E-state index in [0.717, 1.165) is 27.6 Å². The molecule has 0 aliphatic heterocycles. The molecule has 0 aliphatic carbocycles. The molecule has 0 saturated carbocycles. The molecule has 214 valence electrons. The average Bonchev–Trinajstić information content (AvgIpc) is 2.95. The van der Waals surface area contributed by atoms with Crippen molar-refractivity contribution >= 4 is 34.5 Å². The number of aromatic nitrogens is 1. The van der Waals surface area contributed by atoms with Gasteiger partial charge in [-0.15, -0.1) is 0 Å². The maximum atomic E-state index is 13.1. The van der Waals surface area contributed by atoms with E-state index in [4.69, 9.17) is 23.7 Å². The Morgan fingerprint density at radius 1 is 0.829 bits per heavy atom. The number of esters is 1. The van der Waals surface area contributed by atoms with Crippen LogP contribution in [0.4, 0.5) is 5.69 Å². The molecule has 4 rings (SSSR count). The third-order valence-electron chi connectivity index (χ3n) is 6.11. The Labute approximate surface area is 237 Å². The number of nitrogens with one attached hydrogen (secondary N) is 1. The highest BCUT2D eigenvalue weighted by atomic mass is 16.6. The lowest BCUT2D eigenvalue weighted by molar-refractivity contribution is -0.132. The summed E-state index contributed by atoms with van der Waals surface area (Å²) in [7, 11) is 6.06. The van der Waals surface area contributed by atoms with Crippen LogP contribution in [0.5, 0.6) is 28.7 Å². The van der Waals surface area contributed by atoms with Crippen molar-refractivity contribution in [2.24, 2.45) is 0 Å². The van der Waals surface area contributed by atoms with E-state index < -0.39 is 5.97 Å². The van der Waals surface area contributed by atoms with Gasteiger partial charge in [-0.1, -0.05) is 17.7 Å². The van der Waals surface area contributed by atoms with Crippen LogP contribution in [0.3, 0.4) is 0 Å². The fourth-order valence-corrected chi connectivity index (χ4v) is 4.29. The molecule has 0 saturated heterocycles. The van der Waals surface area contributed by atoms with Crippen molar-refractivity contribution in [3.05, 3.63) is 71.9 Å². The Hall–Kier alpha value is -5.09. The molecule has 41 heavy (non-hydrogen) atoms. The Balaban J connectivity index is 0.00000462. The van der Waals surface area contributed by atoms with Crippen LogP contribution in [-0.4, -0.2) is 50.8 Å². The standard InChI is InChI=1S/C31H30N2O7.H2O/c1-18-7-10-23-22(13-18)30(21-9-11-25(36-3)26(16-21)37-4)24(17-32-23)33-29(35)12-8-20-14-27(38-5)31(40-19(2)34)28(15-20)39-6;/h7-17H,1-6H3,(H,33,35);1H2. The number of amides is 1. The van der Waals surface area contributed by atoms with Crippen molar-refractivity contribution in [3.8, 4) is 39.9 Å². The van der Waals surface area contributed by atoms with Crippen molar-refractivity contribution in [3.63, 3.8) is 0 Å². The molecule has 10 heteroatoms. The van der Waals surface area contributed by atoms with E-state index in [0.29, 0.717) is 34.2 Å². The van der Waals surface area contributed by atoms with Crippen LogP contribution in [-0.2, 0) is 9.59 Å². The molecule has 3 N–H and O–H groups in total. The van der Waals surface area contributed by atoms with E-state index in [1.54, 1.807) is 38.6 Å². The Bertz CT molecular complexity index is 1590. The molecular weight excluding hydrogens is 528 g/mol. The molecule has 0 radical (unpaired) electrons. The van der Waals surface area contributed by atoms with Gasteiger partial charge in [-0.25, -0.2) is 0 Å². The summed E-state index contributed by atoms with van der Waals surface area (Å²) in [6, 6.07) is 14.8. The topological polar surface area (TPSA) is 137 Å². The molecule has 0 bridgehead atoms. The summed E-state index contributed by atoms with van der Waals surface area (Å²) in [5.74, 6) is 1.02. The van der Waals surface area contributed by atoms with Gasteiger partial charge in [-0.3, -0.25) is 14.6 Å². The summed E-state index contributed by atoms with van der Waals surface area (Å²) in [5, 5.41) is 3.84. The van der Waals surface area contributed by atoms with E-state index in [1.807, 2.05) is 43.3 Å². The zero-order valence-corrected chi connectivity index (χ0v) is 23.7. The SMILES string of the molecule is COc1ccc(-c2c(NC(=O)C=Cc3cc(OC)c(OC(C)=O)c(OC)c3)cnc3ccc(C)cc23)cc1OC.O. The molecule has 3 aromatic carbocycles. The second-order valence-corrected chi connectivity index (χ2v) is 8.81. The van der Waals surface area contributed by atoms with Crippen LogP contribution in [0.1, 0.15) is 18.1 Å². The van der Waals surface area contributed by atoms with Crippen molar-refractivity contribution < 1.29 is 38.7 Å². The molecule has 1 amide bonds. The summed E-state index contributed by atoms with van der Waals surface area (Å²) < 4.78 is 26.9. The molecule has 0 fully saturated rings. The molecule has 4 aromatic rings. The molecule has 0 spiro atoms. The van der Waals surface area contributed by atoms with Gasteiger partial charge < -0.3 is 34.5 Å². The molecule has 10 nitrogen and oxygen atoms in total. The van der Waals surface area contributed by atoms with Crippen LogP contribution in [0.15, 0.2) is 60.8 Å². The maximum absolute atomic E-state index is 13.1. The number of carbonyl (C=O) groups is 2. The first-order chi connectivity index (χ1) is 19.3. The van der Waals surface area contributed by atoms with Crippen molar-refractivity contribution in [1.82, 2.24) is 4.98 Å². The third-order valence-corrected chi connectivity index (χ3v) is 6.11. The summed E-state index contributed by atoms with van der Waals surface area (Å²) in [6.07, 6.45) is 4.63. The lowest BCUT2D eigenvalue weighted by Crippen LogP contribution is -2.09. The smallest absolute Gasteiger partial charge is 0.308 e. The summed E-state index contributed by atoms with van der Waals surface area (Å²) in [5.41, 5.74) is 4.60. The molecule has 1 heterocycles. The van der Waals surface area contributed by atoms with E-state index in [-0.39, 0.29) is 17.1 Å². The number of rotatable bonds is 9. The lowest BCUT2D eigenvalue weighted by atomic mass is 9.97. The van der Waals surface area contributed by atoms with Crippen LogP contribution in [0.2, 0.25) is 0 Å². The Morgan fingerprint density at radius 3 is 2.10 bits per heavy atom. The first-order valence-electron chi connectivity index (χ1n) is 12.3. The molecule has 1 aromatic heterocycles. The number of ether oxygens (including phenoxy) is 5. The predicted molar refractivity (Wildman–Crippen MR) is 157 cm³/mol. The minimum absolute atomic E-state index is 0. The van der Waals surface area contributed by atoms with Crippen molar-refractivity contribution in [2.45, 2.75) is 13.8 Å². The molecule has 0 aliphatic rings. The van der Waals surface area contributed by atoms with Crippen molar-refractivity contribution in [2.75, 3.05) is 33.8 Å². The van der Waals surface area contributed by atoms with Crippen LogP contribution >= 0.6 is 0 Å². The van der Waals surface area contributed by atoms with Gasteiger partial charge in [0.15, 0.2) is 23.0 Å². The van der Waals surface area contributed by atoms with Crippen LogP contribution < -0.4 is 29.0 Å². The number of nitrogens with zero attached hydrogens (tertiary/aromatic N) is 1. The predicted octanol–water partition coefficient (Wildman–Crippen LogP) is 5.00. The average molecular weight is 561 g/mol. The van der Waals surface area contributed by atoms with Crippen molar-refractivity contribution in [1.29, 1.82) is 0 Å². The first-order valence-corrected chi connectivity index (χ1v) is 12.3. The van der Waals surface area contributed by atoms with Gasteiger partial charge in [0.1, 0.15) is 0 Å². The Kier molecular flexibility index (Phi) is 9.89. The van der Waals surface area contributed by atoms with Gasteiger partial charge in [0.05, 0.1) is 45.8 Å². The van der Waals surface area contributed by atoms with Gasteiger partial charge in [-0.05, 0) is 60.5 Å². The maximum Gasteiger partial charge on any atom is 0.308 e. The van der Waals surface area contributed by atoms with Crippen LogP contribution in [0, 0.1) is 6.92 Å². The minimum atomic E-state index is -0.510. The minimum Gasteiger partial charge on any atom is -0.493 e. The number of fused-ring (bicyclic) bond motifs is 1. The molecule has 0 unspecified atom stereocenters. The molecular formula is C31H32N2O8. The van der Waals surface area contributed by atoms with E-state index >= 15 is 0 Å². The zero-order valence-electron chi connectivity index (χ0n) is 23.7. The fraction of sp³-hybridized carbons (Fsp3) is 0.194. The number of pyridine rings is 1. The van der Waals surface area contributed by atoms with Gasteiger partial charge in [0, 0.05) is 23.9 Å². The summed E-state index contributed by atoms with van der Waals surface area (Å²) in [6.45, 7) is 3.29. The zero-order chi connectivity index (χ0) is 28.8. The van der Waals surface area contributed by atoms with Gasteiger partial charge in [0.2, 0.25) is 11.7 Å². The number of anilines is 1. The Morgan fingerprint density at radius 2 is 1.49 bits per heavy atom. The number of aryl methyl sites for hydroxylation is 1. The number of methoxy groups -OCH3 is 4. The third kappa shape index (κ3) is 6.74. The molecule has 0 atom stereocenters. The van der Waals surface area contributed by atoms with Gasteiger partial charge in [0.25, 0.3) is 0 Å². The quantitative estimate of drug-likeness (QED) is 0.172. The highest BCUT2D eigenvalue weighted by Crippen LogP contribution is 2.40. The number of hydrogen-bond acceptors (Lipinski definition) is 8. The summed E-state index contributed by atoms with van der Waals surface area (Å²) >= 11 is 0. The second kappa shape index (κ2) is 13.3. The van der Waals surface area contributed by atoms with E-state index in [2.05, 4.69) is 10.3 Å². The second-order valence-electron chi connectivity index (χ2n) is 8.81. The van der Waals surface area contributed by atoms with Gasteiger partial charge >= 0.3 is 5.97 Å². The monoisotopic (exact) mass is 560 g/mol. The first kappa shape index (κ1) is 30.5. The largest absolute Gasteiger partial charge is 0.493 e. The van der Waals surface area contributed by atoms with E-state index in [1.165, 1.54) is 27.2 Å². The number of hydrogen-bond donors (Lipinski definition) is 1. The van der Waals surface area contributed by atoms with E-state index in [9.17, 15) is 9.59 Å². The van der Waals surface area contributed by atoms with Crippen LogP contribution in [0.25, 0.3) is 28.1 Å².